The molecule has 0 bridgehead atoms. The van der Waals surface area contributed by atoms with E-state index in [0.717, 1.165) is 0 Å². The van der Waals surface area contributed by atoms with E-state index < -0.39 is 17.7 Å². The molecule has 1 aromatic carbocycles. The second kappa shape index (κ2) is 6.47. The van der Waals surface area contributed by atoms with Gasteiger partial charge in [-0.3, -0.25) is 0 Å². The van der Waals surface area contributed by atoms with Crippen molar-refractivity contribution in [2.45, 2.75) is 32.4 Å². The number of amides is 1. The van der Waals surface area contributed by atoms with Crippen LogP contribution in [-0.4, -0.2) is 30.5 Å². The van der Waals surface area contributed by atoms with Gasteiger partial charge in [-0.05, 0) is 32.9 Å². The molecule has 0 radical (unpaired) electrons. The van der Waals surface area contributed by atoms with Gasteiger partial charge in [0, 0.05) is 18.2 Å². The van der Waals surface area contributed by atoms with Crippen LogP contribution in [0.25, 0.3) is 0 Å². The van der Waals surface area contributed by atoms with Crippen LogP contribution in [0.1, 0.15) is 32.4 Å². The van der Waals surface area contributed by atoms with Gasteiger partial charge in [0.05, 0.1) is 13.2 Å². The van der Waals surface area contributed by atoms with Crippen LogP contribution >= 0.6 is 0 Å². The third-order valence-electron chi connectivity index (χ3n) is 2.52. The molecule has 4 N–H and O–H groups in total. The monoisotopic (exact) mass is 282 g/mol. The predicted octanol–water partition coefficient (Wildman–Crippen LogP) is 1.93. The van der Waals surface area contributed by atoms with Gasteiger partial charge < -0.3 is 25.6 Å². The third-order valence-corrected chi connectivity index (χ3v) is 2.52. The van der Waals surface area contributed by atoms with E-state index in [-0.39, 0.29) is 12.3 Å². The molecule has 0 saturated carbocycles. The first-order valence-corrected chi connectivity index (χ1v) is 6.33. The van der Waals surface area contributed by atoms with Crippen LogP contribution in [-0.2, 0) is 4.74 Å². The minimum absolute atomic E-state index is 0.0821. The van der Waals surface area contributed by atoms with Crippen LogP contribution < -0.4 is 15.8 Å². The first kappa shape index (κ1) is 16.1. The second-order valence-corrected chi connectivity index (χ2v) is 5.36. The van der Waals surface area contributed by atoms with Crippen molar-refractivity contribution < 1.29 is 19.4 Å². The standard InChI is InChI=1S/C14H22N2O4/c1-14(2,3)20-13(18)16-11(8-15)10-6-5-9(17)7-12(10)19-4/h5-7,11,17H,8,15H2,1-4H3,(H,16,18). The number of aromatic hydroxyl groups is 1. The van der Waals surface area contributed by atoms with Crippen molar-refractivity contribution in [2.24, 2.45) is 5.73 Å². The highest BCUT2D eigenvalue weighted by atomic mass is 16.6. The van der Waals surface area contributed by atoms with E-state index in [2.05, 4.69) is 5.32 Å². The lowest BCUT2D eigenvalue weighted by atomic mass is 10.1. The number of rotatable bonds is 4. The smallest absolute Gasteiger partial charge is 0.408 e. The Morgan fingerprint density at radius 2 is 2.10 bits per heavy atom. The predicted molar refractivity (Wildman–Crippen MR) is 75.8 cm³/mol. The maximum absolute atomic E-state index is 11.8. The maximum atomic E-state index is 11.8. The molecule has 1 unspecified atom stereocenters. The van der Waals surface area contributed by atoms with Gasteiger partial charge in [-0.15, -0.1) is 0 Å². The van der Waals surface area contributed by atoms with Crippen molar-refractivity contribution >= 4 is 6.09 Å². The number of alkyl carbamates (subject to hydrolysis) is 1. The fraction of sp³-hybridized carbons (Fsp3) is 0.500. The molecule has 112 valence electrons. The average Bonchev–Trinajstić information content (AvgIpc) is 2.34. The van der Waals surface area contributed by atoms with Gasteiger partial charge >= 0.3 is 6.09 Å². The number of carbonyl (C=O) groups is 1. The Morgan fingerprint density at radius 1 is 1.45 bits per heavy atom. The molecular formula is C14H22N2O4. The molecule has 1 atom stereocenters. The van der Waals surface area contributed by atoms with E-state index in [1.165, 1.54) is 19.2 Å². The first-order valence-electron chi connectivity index (χ1n) is 6.33. The largest absolute Gasteiger partial charge is 0.508 e. The third kappa shape index (κ3) is 4.62. The summed E-state index contributed by atoms with van der Waals surface area (Å²) in [6.07, 6.45) is -0.553. The zero-order valence-corrected chi connectivity index (χ0v) is 12.3. The van der Waals surface area contributed by atoms with Crippen molar-refractivity contribution in [1.82, 2.24) is 5.32 Å². The molecule has 0 spiro atoms. The van der Waals surface area contributed by atoms with E-state index in [1.807, 2.05) is 0 Å². The first-order chi connectivity index (χ1) is 9.26. The van der Waals surface area contributed by atoms with Gasteiger partial charge in [0.2, 0.25) is 0 Å². The minimum Gasteiger partial charge on any atom is -0.508 e. The van der Waals surface area contributed by atoms with Gasteiger partial charge in [0.1, 0.15) is 17.1 Å². The van der Waals surface area contributed by atoms with Gasteiger partial charge in [0.15, 0.2) is 0 Å². The molecule has 1 amide bonds. The second-order valence-electron chi connectivity index (χ2n) is 5.36. The van der Waals surface area contributed by atoms with Gasteiger partial charge in [-0.25, -0.2) is 4.79 Å². The number of carbonyl (C=O) groups excluding carboxylic acids is 1. The molecule has 6 heteroatoms. The molecule has 0 fully saturated rings. The molecule has 1 rings (SSSR count). The van der Waals surface area contributed by atoms with Crippen molar-refractivity contribution in [3.63, 3.8) is 0 Å². The molecule has 6 nitrogen and oxygen atoms in total. The number of ether oxygens (including phenoxy) is 2. The minimum atomic E-state index is -0.581. The topological polar surface area (TPSA) is 93.8 Å². The summed E-state index contributed by atoms with van der Waals surface area (Å²) in [5.74, 6) is 0.537. The maximum Gasteiger partial charge on any atom is 0.408 e. The zero-order valence-electron chi connectivity index (χ0n) is 12.3. The molecule has 0 aliphatic rings. The molecule has 0 aromatic heterocycles. The molecule has 20 heavy (non-hydrogen) atoms. The number of phenols is 1. The van der Waals surface area contributed by atoms with Crippen molar-refractivity contribution in [2.75, 3.05) is 13.7 Å². The Hall–Kier alpha value is -1.95. The lowest BCUT2D eigenvalue weighted by Crippen LogP contribution is -2.37. The molecular weight excluding hydrogens is 260 g/mol. The van der Waals surface area contributed by atoms with Crippen LogP contribution in [0.3, 0.4) is 0 Å². The summed E-state index contributed by atoms with van der Waals surface area (Å²) >= 11 is 0. The Labute approximate surface area is 118 Å². The molecule has 0 aliphatic carbocycles. The summed E-state index contributed by atoms with van der Waals surface area (Å²) in [7, 11) is 1.49. The Morgan fingerprint density at radius 3 is 2.60 bits per heavy atom. The fourth-order valence-electron chi connectivity index (χ4n) is 1.70. The zero-order chi connectivity index (χ0) is 15.3. The van der Waals surface area contributed by atoms with Crippen LogP contribution in [0, 0.1) is 0 Å². The van der Waals surface area contributed by atoms with E-state index in [1.54, 1.807) is 26.8 Å². The quantitative estimate of drug-likeness (QED) is 0.784. The number of hydrogen-bond donors (Lipinski definition) is 3. The molecule has 0 heterocycles. The Balaban J connectivity index is 2.89. The lowest BCUT2D eigenvalue weighted by molar-refractivity contribution is 0.0505. The summed E-state index contributed by atoms with van der Waals surface area (Å²) in [5, 5.41) is 12.1. The number of nitrogens with one attached hydrogen (secondary N) is 1. The summed E-state index contributed by atoms with van der Waals surface area (Å²) in [4.78, 5) is 11.8. The van der Waals surface area contributed by atoms with Crippen molar-refractivity contribution in [3.8, 4) is 11.5 Å². The highest BCUT2D eigenvalue weighted by Crippen LogP contribution is 2.28. The highest BCUT2D eigenvalue weighted by Gasteiger charge is 2.21. The van der Waals surface area contributed by atoms with Crippen molar-refractivity contribution in [3.05, 3.63) is 23.8 Å². The number of methoxy groups -OCH3 is 1. The van der Waals surface area contributed by atoms with Crippen LogP contribution in [0.4, 0.5) is 4.79 Å². The number of hydrogen-bond acceptors (Lipinski definition) is 5. The Kier molecular flexibility index (Phi) is 5.21. The number of nitrogens with two attached hydrogens (primary N) is 1. The molecule has 0 aliphatic heterocycles. The van der Waals surface area contributed by atoms with Gasteiger partial charge in [-0.2, -0.15) is 0 Å². The summed E-state index contributed by atoms with van der Waals surface area (Å²) in [5.41, 5.74) is 5.79. The normalized spacial score (nSPS) is 12.7. The summed E-state index contributed by atoms with van der Waals surface area (Å²) < 4.78 is 10.4. The summed E-state index contributed by atoms with van der Waals surface area (Å²) in [6.45, 7) is 5.53. The van der Waals surface area contributed by atoms with E-state index >= 15 is 0 Å². The SMILES string of the molecule is COc1cc(O)ccc1C(CN)NC(=O)OC(C)(C)C. The van der Waals surface area contributed by atoms with Gasteiger partial charge in [0.25, 0.3) is 0 Å². The van der Waals surface area contributed by atoms with E-state index in [4.69, 9.17) is 15.2 Å². The van der Waals surface area contributed by atoms with E-state index in [0.29, 0.717) is 11.3 Å². The fourth-order valence-corrected chi connectivity index (χ4v) is 1.70. The van der Waals surface area contributed by atoms with Crippen molar-refractivity contribution in [1.29, 1.82) is 0 Å². The molecule has 0 saturated heterocycles. The average molecular weight is 282 g/mol. The van der Waals surface area contributed by atoms with E-state index in [9.17, 15) is 9.90 Å². The van der Waals surface area contributed by atoms with Crippen LogP contribution in [0.15, 0.2) is 18.2 Å². The van der Waals surface area contributed by atoms with Gasteiger partial charge in [-0.1, -0.05) is 0 Å². The summed E-state index contributed by atoms with van der Waals surface area (Å²) in [6, 6.07) is 4.18. The molecule has 1 aromatic rings. The lowest BCUT2D eigenvalue weighted by Gasteiger charge is -2.24. The van der Waals surface area contributed by atoms with Crippen LogP contribution in [0.5, 0.6) is 11.5 Å². The Bertz CT molecular complexity index is 469. The highest BCUT2D eigenvalue weighted by molar-refractivity contribution is 5.68. The number of benzene rings is 1. The van der Waals surface area contributed by atoms with Crippen LogP contribution in [0.2, 0.25) is 0 Å². The number of phenolic OH excluding ortho intramolecular Hbond substituents is 1.